The van der Waals surface area contributed by atoms with Crippen LogP contribution in [0.25, 0.3) is 0 Å². The molecule has 5 heteroatoms. The van der Waals surface area contributed by atoms with Gasteiger partial charge in [0, 0.05) is 12.1 Å². The molecule has 1 atom stereocenters. The zero-order valence-corrected chi connectivity index (χ0v) is 8.72. The van der Waals surface area contributed by atoms with Crippen molar-refractivity contribution in [1.82, 2.24) is 4.98 Å². The Bertz CT molecular complexity index is 363. The van der Waals surface area contributed by atoms with Gasteiger partial charge in [0.05, 0.1) is 5.25 Å². The van der Waals surface area contributed by atoms with Crippen molar-refractivity contribution in [2.45, 2.75) is 17.2 Å². The van der Waals surface area contributed by atoms with Crippen LogP contribution >= 0.6 is 11.6 Å². The van der Waals surface area contributed by atoms with Crippen molar-refractivity contribution in [3.8, 4) is 0 Å². The van der Waals surface area contributed by atoms with Crippen LogP contribution in [0.15, 0.2) is 29.4 Å². The fourth-order valence-electron chi connectivity index (χ4n) is 0.804. The van der Waals surface area contributed by atoms with E-state index >= 15 is 0 Å². The number of halogens is 1. The summed E-state index contributed by atoms with van der Waals surface area (Å²) in [5.41, 5.74) is 0. The van der Waals surface area contributed by atoms with Crippen molar-refractivity contribution in [3.05, 3.63) is 24.4 Å². The number of hydrogen-bond donors (Lipinski definition) is 0. The van der Waals surface area contributed by atoms with E-state index in [1.165, 1.54) is 12.3 Å². The third kappa shape index (κ3) is 2.19. The normalized spacial score (nSPS) is 14.0. The number of rotatable bonds is 3. The maximum absolute atomic E-state index is 11.6. The summed E-state index contributed by atoms with van der Waals surface area (Å²) in [6.07, 6.45) is 1.45. The summed E-state index contributed by atoms with van der Waals surface area (Å²) >= 11 is 5.48. The third-order valence-corrected chi connectivity index (χ3v) is 4.37. The van der Waals surface area contributed by atoms with E-state index in [-0.39, 0.29) is 10.9 Å². The van der Waals surface area contributed by atoms with E-state index in [9.17, 15) is 8.42 Å². The minimum Gasteiger partial charge on any atom is -0.245 e. The largest absolute Gasteiger partial charge is 0.245 e. The van der Waals surface area contributed by atoms with E-state index in [0.29, 0.717) is 0 Å². The molecule has 0 fully saturated rings. The van der Waals surface area contributed by atoms with Gasteiger partial charge in [0.1, 0.15) is 0 Å². The van der Waals surface area contributed by atoms with Gasteiger partial charge in [-0.2, -0.15) is 0 Å². The first-order valence-electron chi connectivity index (χ1n) is 3.80. The highest BCUT2D eigenvalue weighted by Gasteiger charge is 2.22. The summed E-state index contributed by atoms with van der Waals surface area (Å²) in [6, 6.07) is 4.78. The number of aromatic nitrogens is 1. The van der Waals surface area contributed by atoms with Gasteiger partial charge in [0.2, 0.25) is 0 Å². The van der Waals surface area contributed by atoms with E-state index in [0.717, 1.165) is 0 Å². The first-order chi connectivity index (χ1) is 6.09. The quantitative estimate of drug-likeness (QED) is 0.724. The van der Waals surface area contributed by atoms with Crippen LogP contribution < -0.4 is 0 Å². The summed E-state index contributed by atoms with van der Waals surface area (Å²) in [6.45, 7) is 1.57. The van der Waals surface area contributed by atoms with Crippen molar-refractivity contribution in [1.29, 1.82) is 0 Å². The predicted molar refractivity (Wildman–Crippen MR) is 51.6 cm³/mol. The van der Waals surface area contributed by atoms with Crippen LogP contribution in [0.5, 0.6) is 0 Å². The van der Waals surface area contributed by atoms with E-state index in [4.69, 9.17) is 11.6 Å². The summed E-state index contributed by atoms with van der Waals surface area (Å²) < 4.78 is 23.2. The first kappa shape index (κ1) is 10.5. The Morgan fingerprint density at radius 2 is 2.23 bits per heavy atom. The summed E-state index contributed by atoms with van der Waals surface area (Å²) in [5.74, 6) is 0.0822. The molecular weight excluding hydrogens is 210 g/mol. The molecule has 1 rings (SSSR count). The smallest absolute Gasteiger partial charge is 0.199 e. The second-order valence-electron chi connectivity index (χ2n) is 2.68. The highest BCUT2D eigenvalue weighted by molar-refractivity contribution is 7.92. The fourth-order valence-corrected chi connectivity index (χ4v) is 2.36. The Balaban J connectivity index is 3.09. The van der Waals surface area contributed by atoms with Gasteiger partial charge in [-0.05, 0) is 19.1 Å². The average molecular weight is 220 g/mol. The number of hydrogen-bond acceptors (Lipinski definition) is 3. The summed E-state index contributed by atoms with van der Waals surface area (Å²) in [4.78, 5) is 3.77. The van der Waals surface area contributed by atoms with Crippen LogP contribution in [0.1, 0.15) is 6.92 Å². The number of sulfone groups is 1. The minimum absolute atomic E-state index is 0.0822. The second-order valence-corrected chi connectivity index (χ2v) is 5.30. The van der Waals surface area contributed by atoms with Crippen LogP contribution in [0, 0.1) is 0 Å². The maximum atomic E-state index is 11.6. The van der Waals surface area contributed by atoms with Crippen molar-refractivity contribution >= 4 is 21.4 Å². The van der Waals surface area contributed by atoms with Crippen LogP contribution in [0.3, 0.4) is 0 Å². The second kappa shape index (κ2) is 4.07. The molecule has 1 heterocycles. The van der Waals surface area contributed by atoms with Crippen LogP contribution in [0.2, 0.25) is 0 Å². The van der Waals surface area contributed by atoms with E-state index in [1.807, 2.05) is 0 Å². The van der Waals surface area contributed by atoms with Crippen LogP contribution in [-0.4, -0.2) is 24.5 Å². The van der Waals surface area contributed by atoms with Gasteiger partial charge in [0.15, 0.2) is 14.9 Å². The molecule has 0 bridgehead atoms. The monoisotopic (exact) mass is 219 g/mol. The van der Waals surface area contributed by atoms with E-state index < -0.39 is 15.1 Å². The Kier molecular flexibility index (Phi) is 3.27. The number of nitrogens with zero attached hydrogens (tertiary/aromatic N) is 1. The molecular formula is C8H10ClNO2S. The Morgan fingerprint density at radius 3 is 2.69 bits per heavy atom. The summed E-state index contributed by atoms with van der Waals surface area (Å²) in [5, 5.41) is -0.507. The van der Waals surface area contributed by atoms with Gasteiger partial charge in [-0.3, -0.25) is 0 Å². The molecule has 3 nitrogen and oxygen atoms in total. The van der Waals surface area contributed by atoms with E-state index in [2.05, 4.69) is 4.98 Å². The lowest BCUT2D eigenvalue weighted by Gasteiger charge is -2.07. The molecule has 0 aromatic carbocycles. The molecule has 1 aromatic rings. The topological polar surface area (TPSA) is 47.0 Å². The van der Waals surface area contributed by atoms with Gasteiger partial charge < -0.3 is 0 Å². The van der Waals surface area contributed by atoms with Crippen molar-refractivity contribution in [2.24, 2.45) is 0 Å². The average Bonchev–Trinajstić information content (AvgIpc) is 2.18. The molecule has 0 N–H and O–H groups in total. The Labute approximate surface area is 82.7 Å². The highest BCUT2D eigenvalue weighted by atomic mass is 35.5. The molecule has 0 aliphatic heterocycles. The van der Waals surface area contributed by atoms with Crippen molar-refractivity contribution < 1.29 is 8.42 Å². The molecule has 1 unspecified atom stereocenters. The summed E-state index contributed by atoms with van der Waals surface area (Å²) in [7, 11) is -3.33. The molecule has 0 amide bonds. The van der Waals surface area contributed by atoms with E-state index in [1.54, 1.807) is 19.1 Å². The molecule has 13 heavy (non-hydrogen) atoms. The molecule has 0 radical (unpaired) electrons. The third-order valence-electron chi connectivity index (χ3n) is 1.68. The maximum Gasteiger partial charge on any atom is 0.199 e. The molecule has 0 spiro atoms. The Morgan fingerprint density at radius 1 is 1.54 bits per heavy atom. The minimum atomic E-state index is -3.33. The lowest BCUT2D eigenvalue weighted by Crippen LogP contribution is -2.20. The fraction of sp³-hybridized carbons (Fsp3) is 0.375. The zero-order chi connectivity index (χ0) is 9.90. The van der Waals surface area contributed by atoms with Gasteiger partial charge in [-0.15, -0.1) is 11.6 Å². The molecule has 0 aliphatic carbocycles. The molecule has 0 saturated heterocycles. The molecule has 0 saturated carbocycles. The number of pyridine rings is 1. The van der Waals surface area contributed by atoms with Gasteiger partial charge in [-0.25, -0.2) is 13.4 Å². The van der Waals surface area contributed by atoms with Crippen LogP contribution in [0.4, 0.5) is 0 Å². The molecule has 72 valence electrons. The van der Waals surface area contributed by atoms with Crippen molar-refractivity contribution in [3.63, 3.8) is 0 Å². The van der Waals surface area contributed by atoms with Gasteiger partial charge >= 0.3 is 0 Å². The molecule has 1 aromatic heterocycles. The SMILES string of the molecule is CC(CCl)S(=O)(=O)c1ccccn1. The van der Waals surface area contributed by atoms with Crippen LogP contribution in [-0.2, 0) is 9.84 Å². The standard InChI is InChI=1S/C8H10ClNO2S/c1-7(6-9)13(11,12)8-4-2-3-5-10-8/h2-5,7H,6H2,1H3. The van der Waals surface area contributed by atoms with Gasteiger partial charge in [0.25, 0.3) is 0 Å². The predicted octanol–water partition coefficient (Wildman–Crippen LogP) is 1.48. The number of alkyl halides is 1. The van der Waals surface area contributed by atoms with Gasteiger partial charge in [-0.1, -0.05) is 6.07 Å². The first-order valence-corrected chi connectivity index (χ1v) is 5.88. The highest BCUT2D eigenvalue weighted by Crippen LogP contribution is 2.13. The Hall–Kier alpha value is -0.610. The lowest BCUT2D eigenvalue weighted by atomic mass is 10.5. The lowest BCUT2D eigenvalue weighted by molar-refractivity contribution is 0.584. The van der Waals surface area contributed by atoms with Crippen molar-refractivity contribution in [2.75, 3.05) is 5.88 Å². The zero-order valence-electron chi connectivity index (χ0n) is 7.14. The molecule has 0 aliphatic rings.